The monoisotopic (exact) mass is 298 g/mol. The van der Waals surface area contributed by atoms with Gasteiger partial charge >= 0.3 is 6.09 Å². The predicted octanol–water partition coefficient (Wildman–Crippen LogP) is 4.54. The molecule has 0 aliphatic carbocycles. The van der Waals surface area contributed by atoms with Gasteiger partial charge in [-0.2, -0.15) is 0 Å². The third-order valence-electron chi connectivity index (χ3n) is 3.30. The Balaban J connectivity index is 1.90. The van der Waals surface area contributed by atoms with E-state index in [4.69, 9.17) is 4.74 Å². The van der Waals surface area contributed by atoms with Crippen LogP contribution in [0.3, 0.4) is 0 Å². The Morgan fingerprint density at radius 2 is 1.95 bits per heavy atom. The molecule has 3 rings (SSSR count). The maximum Gasteiger partial charge on any atom is 0.411 e. The number of carbonyl (C=O) groups is 1. The van der Waals surface area contributed by atoms with Gasteiger partial charge in [-0.25, -0.2) is 9.18 Å². The van der Waals surface area contributed by atoms with Crippen LogP contribution >= 0.6 is 0 Å². The summed E-state index contributed by atoms with van der Waals surface area (Å²) in [4.78, 5) is 14.7. The van der Waals surface area contributed by atoms with E-state index in [0.717, 1.165) is 22.2 Å². The molecule has 2 aromatic carbocycles. The first-order chi connectivity index (χ1) is 10.7. The Bertz CT molecular complexity index is 809. The smallest absolute Gasteiger partial charge is 0.411 e. The third kappa shape index (κ3) is 2.93. The van der Waals surface area contributed by atoms with E-state index in [2.05, 4.69) is 10.3 Å². The molecule has 22 heavy (non-hydrogen) atoms. The number of anilines is 1. The number of aromatic amines is 1. The fourth-order valence-electron chi connectivity index (χ4n) is 2.28. The molecule has 1 aromatic heterocycles. The Kier molecular flexibility index (Phi) is 3.78. The van der Waals surface area contributed by atoms with Crippen LogP contribution < -0.4 is 5.32 Å². The van der Waals surface area contributed by atoms with Crippen molar-refractivity contribution in [3.8, 4) is 11.3 Å². The molecule has 0 saturated carbocycles. The number of hydrogen-bond acceptors (Lipinski definition) is 2. The normalized spacial score (nSPS) is 10.6. The summed E-state index contributed by atoms with van der Waals surface area (Å²) in [5.74, 6) is -0.263. The molecule has 0 unspecified atom stereocenters. The Morgan fingerprint density at radius 3 is 2.68 bits per heavy atom. The van der Waals surface area contributed by atoms with E-state index in [-0.39, 0.29) is 5.82 Å². The Morgan fingerprint density at radius 1 is 1.18 bits per heavy atom. The molecule has 112 valence electrons. The lowest BCUT2D eigenvalue weighted by Crippen LogP contribution is -2.12. The molecule has 0 aliphatic heterocycles. The summed E-state index contributed by atoms with van der Waals surface area (Å²) in [6, 6.07) is 13.8. The molecule has 2 N–H and O–H groups in total. The van der Waals surface area contributed by atoms with Gasteiger partial charge in [-0.3, -0.25) is 5.32 Å². The SMILES string of the molecule is CCOC(=O)Nc1ccc2[nH]c(-c3ccc(F)cc3)cc2c1. The van der Waals surface area contributed by atoms with E-state index in [1.165, 1.54) is 12.1 Å². The van der Waals surface area contributed by atoms with E-state index in [1.54, 1.807) is 25.1 Å². The van der Waals surface area contributed by atoms with Crippen LogP contribution in [0.15, 0.2) is 48.5 Å². The van der Waals surface area contributed by atoms with Gasteiger partial charge in [0.2, 0.25) is 0 Å². The second-order valence-electron chi connectivity index (χ2n) is 4.84. The molecular weight excluding hydrogens is 283 g/mol. The minimum atomic E-state index is -0.476. The molecule has 0 bridgehead atoms. The first-order valence-corrected chi connectivity index (χ1v) is 6.98. The van der Waals surface area contributed by atoms with Crippen molar-refractivity contribution in [2.45, 2.75) is 6.92 Å². The van der Waals surface area contributed by atoms with Crippen LogP contribution in [0, 0.1) is 5.82 Å². The lowest BCUT2D eigenvalue weighted by Gasteiger charge is -2.04. The maximum absolute atomic E-state index is 13.0. The van der Waals surface area contributed by atoms with Crippen LogP contribution in [0.25, 0.3) is 22.2 Å². The van der Waals surface area contributed by atoms with Gasteiger partial charge in [0, 0.05) is 22.3 Å². The molecule has 4 nitrogen and oxygen atoms in total. The van der Waals surface area contributed by atoms with Gasteiger partial charge in [0.1, 0.15) is 5.82 Å². The van der Waals surface area contributed by atoms with Gasteiger partial charge < -0.3 is 9.72 Å². The zero-order chi connectivity index (χ0) is 15.5. The molecule has 0 radical (unpaired) electrons. The fraction of sp³-hybridized carbons (Fsp3) is 0.118. The van der Waals surface area contributed by atoms with Crippen molar-refractivity contribution in [3.63, 3.8) is 0 Å². The highest BCUT2D eigenvalue weighted by atomic mass is 19.1. The molecule has 3 aromatic rings. The van der Waals surface area contributed by atoms with Crippen LogP contribution in [0.2, 0.25) is 0 Å². The number of ether oxygens (including phenoxy) is 1. The van der Waals surface area contributed by atoms with Gasteiger partial charge in [0.15, 0.2) is 0 Å². The first-order valence-electron chi connectivity index (χ1n) is 6.98. The van der Waals surface area contributed by atoms with Crippen LogP contribution in [-0.4, -0.2) is 17.7 Å². The van der Waals surface area contributed by atoms with Crippen molar-refractivity contribution < 1.29 is 13.9 Å². The van der Waals surface area contributed by atoms with Gasteiger partial charge in [0.25, 0.3) is 0 Å². The lowest BCUT2D eigenvalue weighted by molar-refractivity contribution is 0.168. The summed E-state index contributed by atoms with van der Waals surface area (Å²) in [5.41, 5.74) is 3.39. The average Bonchev–Trinajstić information content (AvgIpc) is 2.91. The molecule has 0 aliphatic rings. The van der Waals surface area contributed by atoms with Gasteiger partial charge in [-0.15, -0.1) is 0 Å². The molecule has 1 heterocycles. The van der Waals surface area contributed by atoms with Crippen molar-refractivity contribution >= 4 is 22.7 Å². The standard InChI is InChI=1S/C17H15FN2O2/c1-2-22-17(21)19-14-7-8-15-12(9-14)10-16(20-15)11-3-5-13(18)6-4-11/h3-10,20H,2H2,1H3,(H,19,21). The summed E-state index contributed by atoms with van der Waals surface area (Å²) in [6.45, 7) is 2.08. The molecule has 0 atom stereocenters. The van der Waals surface area contributed by atoms with Crippen LogP contribution in [0.5, 0.6) is 0 Å². The highest BCUT2D eigenvalue weighted by Crippen LogP contribution is 2.26. The molecular formula is C17H15FN2O2. The van der Waals surface area contributed by atoms with Gasteiger partial charge in [-0.05, 0) is 61.0 Å². The molecule has 0 saturated heterocycles. The van der Waals surface area contributed by atoms with Crippen molar-refractivity contribution in [2.24, 2.45) is 0 Å². The Labute approximate surface area is 126 Å². The van der Waals surface area contributed by atoms with Crippen molar-refractivity contribution in [1.82, 2.24) is 4.98 Å². The van der Waals surface area contributed by atoms with Crippen molar-refractivity contribution in [2.75, 3.05) is 11.9 Å². The fourth-order valence-corrected chi connectivity index (χ4v) is 2.28. The predicted molar refractivity (Wildman–Crippen MR) is 84.3 cm³/mol. The highest BCUT2D eigenvalue weighted by molar-refractivity contribution is 5.92. The number of carbonyl (C=O) groups excluding carboxylic acids is 1. The molecule has 0 spiro atoms. The van der Waals surface area contributed by atoms with Crippen molar-refractivity contribution in [1.29, 1.82) is 0 Å². The number of aromatic nitrogens is 1. The number of nitrogens with one attached hydrogen (secondary N) is 2. The molecule has 5 heteroatoms. The van der Waals surface area contributed by atoms with Gasteiger partial charge in [-0.1, -0.05) is 0 Å². The third-order valence-corrected chi connectivity index (χ3v) is 3.30. The molecule has 0 fully saturated rings. The summed E-state index contributed by atoms with van der Waals surface area (Å²) in [7, 11) is 0. The maximum atomic E-state index is 13.0. The average molecular weight is 298 g/mol. The second kappa shape index (κ2) is 5.89. The minimum absolute atomic E-state index is 0.263. The van der Waals surface area contributed by atoms with E-state index in [0.29, 0.717) is 12.3 Å². The zero-order valence-corrected chi connectivity index (χ0v) is 12.0. The topological polar surface area (TPSA) is 54.1 Å². The second-order valence-corrected chi connectivity index (χ2v) is 4.84. The lowest BCUT2D eigenvalue weighted by atomic mass is 10.1. The van der Waals surface area contributed by atoms with E-state index in [1.807, 2.05) is 18.2 Å². The highest BCUT2D eigenvalue weighted by Gasteiger charge is 2.06. The van der Waals surface area contributed by atoms with Crippen LogP contribution in [0.1, 0.15) is 6.92 Å². The summed E-state index contributed by atoms with van der Waals surface area (Å²) in [6.07, 6.45) is -0.476. The number of fused-ring (bicyclic) bond motifs is 1. The quantitative estimate of drug-likeness (QED) is 0.745. The Hall–Kier alpha value is -2.82. The summed E-state index contributed by atoms with van der Waals surface area (Å²) >= 11 is 0. The minimum Gasteiger partial charge on any atom is -0.450 e. The number of halogens is 1. The first kappa shape index (κ1) is 14.1. The molecule has 1 amide bonds. The van der Waals surface area contributed by atoms with Crippen LogP contribution in [0.4, 0.5) is 14.9 Å². The van der Waals surface area contributed by atoms with Crippen molar-refractivity contribution in [3.05, 3.63) is 54.3 Å². The number of benzene rings is 2. The summed E-state index contributed by atoms with van der Waals surface area (Å²) < 4.78 is 17.8. The van der Waals surface area contributed by atoms with Crippen LogP contribution in [-0.2, 0) is 4.74 Å². The summed E-state index contributed by atoms with van der Waals surface area (Å²) in [5, 5.41) is 3.62. The van der Waals surface area contributed by atoms with Gasteiger partial charge in [0.05, 0.1) is 6.61 Å². The number of hydrogen-bond donors (Lipinski definition) is 2. The number of rotatable bonds is 3. The largest absolute Gasteiger partial charge is 0.450 e. The van der Waals surface area contributed by atoms with E-state index < -0.39 is 6.09 Å². The zero-order valence-electron chi connectivity index (χ0n) is 12.0. The number of amides is 1. The van der Waals surface area contributed by atoms with E-state index in [9.17, 15) is 9.18 Å². The number of H-pyrrole nitrogens is 1. The van der Waals surface area contributed by atoms with E-state index >= 15 is 0 Å².